The van der Waals surface area contributed by atoms with E-state index in [2.05, 4.69) is 5.32 Å². The lowest BCUT2D eigenvalue weighted by Gasteiger charge is -2.12. The van der Waals surface area contributed by atoms with Crippen LogP contribution in [0.1, 0.15) is 30.1 Å². The molecule has 1 amide bonds. The van der Waals surface area contributed by atoms with Gasteiger partial charge in [-0.05, 0) is 37.6 Å². The Morgan fingerprint density at radius 2 is 2.16 bits per heavy atom. The van der Waals surface area contributed by atoms with Crippen LogP contribution in [0.2, 0.25) is 0 Å². The third-order valence-corrected chi connectivity index (χ3v) is 2.75. The zero-order valence-electron chi connectivity index (χ0n) is 10.6. The predicted molar refractivity (Wildman–Crippen MR) is 69.4 cm³/mol. The minimum absolute atomic E-state index is 0.234. The van der Waals surface area contributed by atoms with E-state index in [1.807, 2.05) is 0 Å². The molecule has 5 nitrogen and oxygen atoms in total. The van der Waals surface area contributed by atoms with Gasteiger partial charge in [0.2, 0.25) is 5.91 Å². The molecule has 0 aliphatic heterocycles. The van der Waals surface area contributed by atoms with Crippen molar-refractivity contribution < 1.29 is 19.1 Å². The molecule has 1 unspecified atom stereocenters. The number of hydrogen-bond donors (Lipinski definition) is 3. The van der Waals surface area contributed by atoms with Gasteiger partial charge in [0.25, 0.3) is 0 Å². The topological polar surface area (TPSA) is 92.4 Å². The molecule has 19 heavy (non-hydrogen) atoms. The standard InChI is InChI=1S/C13H17FN2O3/c1-8(3-2-6-15)12(17)16-9-4-5-11(14)10(7-9)13(18)19/h4-5,7-8H,2-3,6,15H2,1H3,(H,16,17)(H,18,19). The second-order valence-corrected chi connectivity index (χ2v) is 4.32. The number of carboxylic acids is 1. The maximum Gasteiger partial charge on any atom is 0.338 e. The SMILES string of the molecule is CC(CCCN)C(=O)Nc1ccc(F)c(C(=O)O)c1. The summed E-state index contributed by atoms with van der Waals surface area (Å²) in [5.74, 6) is -2.68. The average Bonchev–Trinajstić information content (AvgIpc) is 2.37. The highest BCUT2D eigenvalue weighted by atomic mass is 19.1. The van der Waals surface area contributed by atoms with Gasteiger partial charge in [-0.15, -0.1) is 0 Å². The second kappa shape index (κ2) is 6.84. The smallest absolute Gasteiger partial charge is 0.338 e. The summed E-state index contributed by atoms with van der Waals surface area (Å²) in [6, 6.07) is 3.45. The molecular formula is C13H17FN2O3. The molecule has 0 aliphatic carbocycles. The van der Waals surface area contributed by atoms with Gasteiger partial charge in [-0.2, -0.15) is 0 Å². The number of amides is 1. The zero-order valence-corrected chi connectivity index (χ0v) is 10.6. The van der Waals surface area contributed by atoms with Gasteiger partial charge in [-0.1, -0.05) is 6.92 Å². The van der Waals surface area contributed by atoms with Crippen LogP contribution in [0.5, 0.6) is 0 Å². The number of carboxylic acid groups (broad SMARTS) is 1. The molecule has 0 fully saturated rings. The Balaban J connectivity index is 2.74. The molecule has 1 aromatic carbocycles. The molecule has 0 spiro atoms. The van der Waals surface area contributed by atoms with E-state index in [-0.39, 0.29) is 17.5 Å². The number of nitrogens with one attached hydrogen (secondary N) is 1. The summed E-state index contributed by atoms with van der Waals surface area (Å²) in [6.07, 6.45) is 1.38. The summed E-state index contributed by atoms with van der Waals surface area (Å²) in [4.78, 5) is 22.6. The maximum atomic E-state index is 13.2. The molecular weight excluding hydrogens is 251 g/mol. The molecule has 0 saturated carbocycles. The van der Waals surface area contributed by atoms with Crippen molar-refractivity contribution >= 4 is 17.6 Å². The first kappa shape index (κ1) is 15.1. The van der Waals surface area contributed by atoms with E-state index in [4.69, 9.17) is 10.8 Å². The minimum Gasteiger partial charge on any atom is -0.478 e. The van der Waals surface area contributed by atoms with Crippen molar-refractivity contribution in [2.24, 2.45) is 11.7 Å². The molecule has 0 aliphatic rings. The van der Waals surface area contributed by atoms with Crippen LogP contribution >= 0.6 is 0 Å². The van der Waals surface area contributed by atoms with Gasteiger partial charge in [0, 0.05) is 11.6 Å². The van der Waals surface area contributed by atoms with Crippen molar-refractivity contribution in [1.29, 1.82) is 0 Å². The van der Waals surface area contributed by atoms with E-state index in [1.165, 1.54) is 6.07 Å². The molecule has 1 aromatic rings. The summed E-state index contributed by atoms with van der Waals surface area (Å²) in [5, 5.41) is 11.3. The lowest BCUT2D eigenvalue weighted by atomic mass is 10.0. The number of benzene rings is 1. The third kappa shape index (κ3) is 4.33. The van der Waals surface area contributed by atoms with Crippen LogP contribution < -0.4 is 11.1 Å². The Kier molecular flexibility index (Phi) is 5.44. The van der Waals surface area contributed by atoms with Gasteiger partial charge in [-0.3, -0.25) is 4.79 Å². The fraction of sp³-hybridized carbons (Fsp3) is 0.385. The molecule has 0 bridgehead atoms. The van der Waals surface area contributed by atoms with Crippen LogP contribution in [0.15, 0.2) is 18.2 Å². The van der Waals surface area contributed by atoms with Crippen molar-refractivity contribution in [3.63, 3.8) is 0 Å². The van der Waals surface area contributed by atoms with E-state index in [1.54, 1.807) is 6.92 Å². The van der Waals surface area contributed by atoms with Gasteiger partial charge >= 0.3 is 5.97 Å². The first-order chi connectivity index (χ1) is 8.95. The Hall–Kier alpha value is -1.95. The highest BCUT2D eigenvalue weighted by molar-refractivity contribution is 5.94. The van der Waals surface area contributed by atoms with E-state index in [9.17, 15) is 14.0 Å². The molecule has 4 N–H and O–H groups in total. The Morgan fingerprint density at radius 1 is 1.47 bits per heavy atom. The lowest BCUT2D eigenvalue weighted by Crippen LogP contribution is -2.21. The van der Waals surface area contributed by atoms with Crippen molar-refractivity contribution in [2.45, 2.75) is 19.8 Å². The van der Waals surface area contributed by atoms with Gasteiger partial charge in [0.15, 0.2) is 0 Å². The second-order valence-electron chi connectivity index (χ2n) is 4.32. The van der Waals surface area contributed by atoms with Crippen LogP contribution in [0.25, 0.3) is 0 Å². The van der Waals surface area contributed by atoms with Gasteiger partial charge in [0.05, 0.1) is 5.56 Å². The van der Waals surface area contributed by atoms with Crippen molar-refractivity contribution in [2.75, 3.05) is 11.9 Å². The van der Waals surface area contributed by atoms with Crippen LogP contribution in [-0.2, 0) is 4.79 Å². The number of nitrogens with two attached hydrogens (primary N) is 1. The number of carbonyl (C=O) groups excluding carboxylic acids is 1. The minimum atomic E-state index is -1.37. The van der Waals surface area contributed by atoms with Gasteiger partial charge < -0.3 is 16.2 Å². The Morgan fingerprint density at radius 3 is 2.74 bits per heavy atom. The summed E-state index contributed by atoms with van der Waals surface area (Å²) in [6.45, 7) is 2.27. The van der Waals surface area contributed by atoms with Crippen molar-refractivity contribution in [3.8, 4) is 0 Å². The van der Waals surface area contributed by atoms with E-state index in [0.29, 0.717) is 13.0 Å². The summed E-state index contributed by atoms with van der Waals surface area (Å²) >= 11 is 0. The lowest BCUT2D eigenvalue weighted by molar-refractivity contribution is -0.119. The monoisotopic (exact) mass is 268 g/mol. The highest BCUT2D eigenvalue weighted by Crippen LogP contribution is 2.16. The van der Waals surface area contributed by atoms with Crippen molar-refractivity contribution in [3.05, 3.63) is 29.6 Å². The molecule has 0 radical (unpaired) electrons. The molecule has 0 saturated heterocycles. The number of rotatable bonds is 6. The van der Waals surface area contributed by atoms with E-state index < -0.39 is 17.3 Å². The summed E-state index contributed by atoms with van der Waals surface area (Å²) in [5.41, 5.74) is 5.16. The predicted octanol–water partition coefficient (Wildman–Crippen LogP) is 1.84. The first-order valence-electron chi connectivity index (χ1n) is 5.99. The summed E-state index contributed by atoms with van der Waals surface area (Å²) in [7, 11) is 0. The number of hydrogen-bond acceptors (Lipinski definition) is 3. The molecule has 0 aromatic heterocycles. The first-order valence-corrected chi connectivity index (χ1v) is 5.99. The Bertz CT molecular complexity index is 477. The van der Waals surface area contributed by atoms with Crippen LogP contribution in [-0.4, -0.2) is 23.5 Å². The van der Waals surface area contributed by atoms with E-state index in [0.717, 1.165) is 18.6 Å². The van der Waals surface area contributed by atoms with Crippen LogP contribution in [0.4, 0.5) is 10.1 Å². The normalized spacial score (nSPS) is 11.9. The van der Waals surface area contributed by atoms with Crippen LogP contribution in [0, 0.1) is 11.7 Å². The Labute approximate surface area is 110 Å². The highest BCUT2D eigenvalue weighted by Gasteiger charge is 2.15. The number of aromatic carboxylic acids is 1. The molecule has 104 valence electrons. The number of halogens is 1. The summed E-state index contributed by atoms with van der Waals surface area (Å²) < 4.78 is 13.2. The molecule has 1 atom stereocenters. The number of carbonyl (C=O) groups is 2. The quantitative estimate of drug-likeness (QED) is 0.734. The van der Waals surface area contributed by atoms with Crippen molar-refractivity contribution in [1.82, 2.24) is 0 Å². The maximum absolute atomic E-state index is 13.2. The van der Waals surface area contributed by atoms with Gasteiger partial charge in [0.1, 0.15) is 5.82 Å². The molecule has 0 heterocycles. The fourth-order valence-corrected chi connectivity index (χ4v) is 1.59. The largest absolute Gasteiger partial charge is 0.478 e. The zero-order chi connectivity index (χ0) is 14.4. The van der Waals surface area contributed by atoms with Gasteiger partial charge in [-0.25, -0.2) is 9.18 Å². The molecule has 6 heteroatoms. The van der Waals surface area contributed by atoms with Crippen LogP contribution in [0.3, 0.4) is 0 Å². The van der Waals surface area contributed by atoms with E-state index >= 15 is 0 Å². The third-order valence-electron chi connectivity index (χ3n) is 2.75. The number of anilines is 1. The fourth-order valence-electron chi connectivity index (χ4n) is 1.59. The average molecular weight is 268 g/mol. The molecule has 1 rings (SSSR count).